The summed E-state index contributed by atoms with van der Waals surface area (Å²) in [6.45, 7) is 11.0. The minimum atomic E-state index is 1.15. The minimum absolute atomic E-state index is 1.15. The molecule has 0 aliphatic heterocycles. The van der Waals surface area contributed by atoms with Gasteiger partial charge in [-0.3, -0.25) is 0 Å². The topological polar surface area (TPSA) is 0 Å². The molecule has 126 valence electrons. The largest absolute Gasteiger partial charge is 0.0856 e. The highest BCUT2D eigenvalue weighted by atomic mass is 14.0. The van der Waals surface area contributed by atoms with Gasteiger partial charge in [0.05, 0.1) is 0 Å². The predicted octanol–water partition coefficient (Wildman–Crippen LogP) is 7.35. The van der Waals surface area contributed by atoms with Crippen LogP contribution < -0.4 is 0 Å². The van der Waals surface area contributed by atoms with Gasteiger partial charge in [0.15, 0.2) is 0 Å². The molecule has 0 fully saturated rings. The molecule has 0 N–H and O–H groups in total. The summed E-state index contributed by atoms with van der Waals surface area (Å²) >= 11 is 0. The first-order chi connectivity index (χ1) is 11.0. The van der Waals surface area contributed by atoms with Gasteiger partial charge in [0.2, 0.25) is 0 Å². The number of aryl methyl sites for hydroxylation is 2. The van der Waals surface area contributed by atoms with Crippen LogP contribution in [0.3, 0.4) is 0 Å². The fourth-order valence-corrected chi connectivity index (χ4v) is 2.69. The Bertz CT molecular complexity index is 551. The van der Waals surface area contributed by atoms with Crippen LogP contribution in [0.4, 0.5) is 0 Å². The molecule has 0 radical (unpaired) electrons. The molecule has 0 amide bonds. The van der Waals surface area contributed by atoms with Crippen molar-refractivity contribution in [2.24, 2.45) is 0 Å². The summed E-state index contributed by atoms with van der Waals surface area (Å²) in [5.74, 6) is 0. The number of rotatable bonds is 9. The van der Waals surface area contributed by atoms with Gasteiger partial charge in [-0.05, 0) is 78.7 Å². The molecule has 23 heavy (non-hydrogen) atoms. The van der Waals surface area contributed by atoms with E-state index in [-0.39, 0.29) is 0 Å². The minimum Gasteiger partial charge on any atom is -0.0856 e. The summed E-state index contributed by atoms with van der Waals surface area (Å²) < 4.78 is 0. The van der Waals surface area contributed by atoms with Crippen molar-refractivity contribution in [3.63, 3.8) is 0 Å². The van der Waals surface area contributed by atoms with Crippen LogP contribution in [0.2, 0.25) is 0 Å². The van der Waals surface area contributed by atoms with Crippen LogP contribution in [0.1, 0.15) is 70.9 Å². The van der Waals surface area contributed by atoms with Gasteiger partial charge in [-0.1, -0.05) is 64.8 Å². The third kappa shape index (κ3) is 9.94. The van der Waals surface area contributed by atoms with Gasteiger partial charge in [0.25, 0.3) is 0 Å². The molecule has 0 aliphatic carbocycles. The number of allylic oxidation sites excluding steroid dienone is 6. The fourth-order valence-electron chi connectivity index (χ4n) is 2.69. The van der Waals surface area contributed by atoms with Crippen molar-refractivity contribution in [1.82, 2.24) is 0 Å². The highest BCUT2D eigenvalue weighted by Crippen LogP contribution is 2.13. The Morgan fingerprint density at radius 3 is 2.04 bits per heavy atom. The summed E-state index contributed by atoms with van der Waals surface area (Å²) in [5.41, 5.74) is 7.27. The Morgan fingerprint density at radius 1 is 0.826 bits per heavy atom. The van der Waals surface area contributed by atoms with Crippen molar-refractivity contribution >= 4 is 0 Å². The van der Waals surface area contributed by atoms with E-state index in [4.69, 9.17) is 0 Å². The van der Waals surface area contributed by atoms with Gasteiger partial charge in [0.1, 0.15) is 0 Å². The molecule has 0 atom stereocenters. The van der Waals surface area contributed by atoms with Gasteiger partial charge >= 0.3 is 0 Å². The van der Waals surface area contributed by atoms with Crippen molar-refractivity contribution in [3.8, 4) is 0 Å². The van der Waals surface area contributed by atoms with E-state index in [1.165, 1.54) is 53.5 Å². The van der Waals surface area contributed by atoms with Crippen molar-refractivity contribution in [2.45, 2.75) is 73.1 Å². The van der Waals surface area contributed by atoms with Crippen LogP contribution in [-0.4, -0.2) is 0 Å². The van der Waals surface area contributed by atoms with E-state index < -0.39 is 0 Å². The normalized spacial score (nSPS) is 12.4. The van der Waals surface area contributed by atoms with Gasteiger partial charge in [-0.2, -0.15) is 0 Å². The zero-order valence-electron chi connectivity index (χ0n) is 15.8. The lowest BCUT2D eigenvalue weighted by Gasteiger charge is -2.03. The molecule has 0 nitrogen and oxygen atoms in total. The fraction of sp³-hybridized carbons (Fsp3) is 0.478. The lowest BCUT2D eigenvalue weighted by atomic mass is 10.0. The van der Waals surface area contributed by atoms with E-state index in [1.807, 2.05) is 0 Å². The first kappa shape index (κ1) is 19.5. The molecular weight excluding hydrogens is 276 g/mol. The van der Waals surface area contributed by atoms with E-state index in [1.54, 1.807) is 0 Å². The molecular formula is C23H34. The highest BCUT2D eigenvalue weighted by molar-refractivity contribution is 5.22. The second-order valence-electron chi connectivity index (χ2n) is 6.99. The van der Waals surface area contributed by atoms with Crippen LogP contribution >= 0.6 is 0 Å². The number of benzene rings is 1. The lowest BCUT2D eigenvalue weighted by Crippen LogP contribution is -1.86. The third-order valence-corrected chi connectivity index (χ3v) is 4.13. The van der Waals surface area contributed by atoms with Crippen molar-refractivity contribution in [3.05, 3.63) is 70.3 Å². The van der Waals surface area contributed by atoms with E-state index >= 15 is 0 Å². The lowest BCUT2D eigenvalue weighted by molar-refractivity contribution is 0.903. The second kappa shape index (κ2) is 11.0. The monoisotopic (exact) mass is 310 g/mol. The van der Waals surface area contributed by atoms with Gasteiger partial charge < -0.3 is 0 Å². The van der Waals surface area contributed by atoms with Gasteiger partial charge in [-0.25, -0.2) is 0 Å². The summed E-state index contributed by atoms with van der Waals surface area (Å²) in [6.07, 6.45) is 14.2. The second-order valence-corrected chi connectivity index (χ2v) is 6.99. The van der Waals surface area contributed by atoms with Crippen molar-refractivity contribution < 1.29 is 0 Å². The Hall–Kier alpha value is -1.56. The zero-order valence-corrected chi connectivity index (χ0v) is 15.8. The Labute approximate surface area is 144 Å². The standard InChI is InChI=1S/C23H34/c1-19(2)10-6-11-20(3)12-7-13-21(4)14-8-16-23-17-9-15-22(5)18-23/h9-10,12,14-15,17-18H,6-8,11,13,16H2,1-5H3. The molecule has 0 unspecified atom stereocenters. The molecule has 1 rings (SSSR count). The van der Waals surface area contributed by atoms with Crippen molar-refractivity contribution in [2.75, 3.05) is 0 Å². The van der Waals surface area contributed by atoms with Crippen LogP contribution in [-0.2, 0) is 6.42 Å². The summed E-state index contributed by atoms with van der Waals surface area (Å²) in [4.78, 5) is 0. The summed E-state index contributed by atoms with van der Waals surface area (Å²) in [6, 6.07) is 8.84. The van der Waals surface area contributed by atoms with Crippen LogP contribution in [0.5, 0.6) is 0 Å². The molecule has 0 aromatic heterocycles. The molecule has 1 aromatic rings. The van der Waals surface area contributed by atoms with E-state index in [9.17, 15) is 0 Å². The maximum absolute atomic E-state index is 2.41. The first-order valence-corrected chi connectivity index (χ1v) is 8.97. The molecule has 0 saturated heterocycles. The average molecular weight is 311 g/mol. The van der Waals surface area contributed by atoms with Gasteiger partial charge in [0, 0.05) is 0 Å². The Kier molecular flexibility index (Phi) is 9.36. The smallest absolute Gasteiger partial charge is 0.0244 e. The quantitative estimate of drug-likeness (QED) is 0.418. The highest BCUT2D eigenvalue weighted by Gasteiger charge is 1.94. The Balaban J connectivity index is 2.27. The molecule has 0 aliphatic rings. The Morgan fingerprint density at radius 2 is 1.43 bits per heavy atom. The first-order valence-electron chi connectivity index (χ1n) is 8.97. The molecule has 0 bridgehead atoms. The average Bonchev–Trinajstić information content (AvgIpc) is 2.47. The summed E-state index contributed by atoms with van der Waals surface area (Å²) in [5, 5.41) is 0. The van der Waals surface area contributed by atoms with Crippen molar-refractivity contribution in [1.29, 1.82) is 0 Å². The molecule has 0 saturated carbocycles. The van der Waals surface area contributed by atoms with Crippen LogP contribution in [0.15, 0.2) is 59.2 Å². The molecule has 1 aromatic carbocycles. The van der Waals surface area contributed by atoms with Crippen LogP contribution in [0, 0.1) is 6.92 Å². The third-order valence-electron chi connectivity index (χ3n) is 4.13. The molecule has 0 heteroatoms. The predicted molar refractivity (Wildman–Crippen MR) is 105 cm³/mol. The van der Waals surface area contributed by atoms with E-state index in [0.717, 1.165) is 12.8 Å². The number of hydrogen-bond acceptors (Lipinski definition) is 0. The molecule has 0 spiro atoms. The maximum atomic E-state index is 2.41. The van der Waals surface area contributed by atoms with Gasteiger partial charge in [-0.15, -0.1) is 0 Å². The zero-order chi connectivity index (χ0) is 17.1. The SMILES string of the molecule is CC(C)=CCCC(C)=CCCC(C)=CCCc1cccc(C)c1. The van der Waals surface area contributed by atoms with E-state index in [0.29, 0.717) is 0 Å². The molecule has 0 heterocycles. The van der Waals surface area contributed by atoms with E-state index in [2.05, 4.69) is 77.1 Å². The summed E-state index contributed by atoms with van der Waals surface area (Å²) in [7, 11) is 0. The maximum Gasteiger partial charge on any atom is -0.0244 e. The number of hydrogen-bond donors (Lipinski definition) is 0. The van der Waals surface area contributed by atoms with Crippen LogP contribution in [0.25, 0.3) is 0 Å².